The molecule has 1 heterocycles. The van der Waals surface area contributed by atoms with E-state index in [0.717, 1.165) is 37.3 Å². The van der Waals surface area contributed by atoms with Crippen molar-refractivity contribution in [3.63, 3.8) is 0 Å². The van der Waals surface area contributed by atoms with Gasteiger partial charge in [-0.15, -0.1) is 0 Å². The summed E-state index contributed by atoms with van der Waals surface area (Å²) in [4.78, 5) is 18.3. The van der Waals surface area contributed by atoms with Gasteiger partial charge in [-0.25, -0.2) is 0 Å². The number of hydrogen-bond acceptors (Lipinski definition) is 4. The van der Waals surface area contributed by atoms with Crippen LogP contribution in [0.25, 0.3) is 0 Å². The summed E-state index contributed by atoms with van der Waals surface area (Å²) in [6.07, 6.45) is 1.04. The van der Waals surface area contributed by atoms with E-state index in [2.05, 4.69) is 23.8 Å². The number of anilines is 1. The van der Waals surface area contributed by atoms with Crippen molar-refractivity contribution in [3.05, 3.63) is 29.8 Å². The molecule has 2 rings (SSSR count). The molecule has 1 fully saturated rings. The highest BCUT2D eigenvalue weighted by Crippen LogP contribution is 2.26. The van der Waals surface area contributed by atoms with Crippen LogP contribution in [-0.4, -0.2) is 67.7 Å². The molecule has 1 aliphatic rings. The molecule has 0 bridgehead atoms. The summed E-state index contributed by atoms with van der Waals surface area (Å²) < 4.78 is 0. The summed E-state index contributed by atoms with van der Waals surface area (Å²) in [5.41, 5.74) is 1.94. The van der Waals surface area contributed by atoms with Crippen molar-refractivity contribution in [2.24, 2.45) is 0 Å². The Kier molecular flexibility index (Phi) is 5.42. The minimum atomic E-state index is -0.767. The fourth-order valence-corrected chi connectivity index (χ4v) is 3.11. The van der Waals surface area contributed by atoms with Crippen molar-refractivity contribution >= 4 is 11.7 Å². The van der Waals surface area contributed by atoms with Crippen LogP contribution in [0.1, 0.15) is 24.9 Å². The normalized spacial score (nSPS) is 21.5. The molecule has 1 aromatic rings. The number of piperazine rings is 1. The molecule has 0 aromatic heterocycles. The largest absolute Gasteiger partial charge is 0.480 e. The molecule has 1 aliphatic heterocycles. The van der Waals surface area contributed by atoms with Gasteiger partial charge >= 0.3 is 5.97 Å². The van der Waals surface area contributed by atoms with Gasteiger partial charge in [0.25, 0.3) is 0 Å². The van der Waals surface area contributed by atoms with Crippen LogP contribution in [0.5, 0.6) is 0 Å². The molecule has 0 amide bonds. The summed E-state index contributed by atoms with van der Waals surface area (Å²) in [5.74, 6) is -0.767. The quantitative estimate of drug-likeness (QED) is 0.900. The van der Waals surface area contributed by atoms with Gasteiger partial charge in [-0.3, -0.25) is 9.69 Å². The Hall–Kier alpha value is -1.59. The molecule has 22 heavy (non-hydrogen) atoms. The van der Waals surface area contributed by atoms with Gasteiger partial charge in [0.15, 0.2) is 0 Å². The van der Waals surface area contributed by atoms with Gasteiger partial charge in [0.05, 0.1) is 0 Å². The minimum Gasteiger partial charge on any atom is -0.480 e. The average Bonchev–Trinajstić information content (AvgIpc) is 2.49. The highest BCUT2D eigenvalue weighted by atomic mass is 16.4. The molecule has 1 saturated heterocycles. The van der Waals surface area contributed by atoms with Crippen molar-refractivity contribution in [3.8, 4) is 0 Å². The maximum atomic E-state index is 11.8. The Labute approximate surface area is 133 Å². The Morgan fingerprint density at radius 3 is 2.45 bits per heavy atom. The summed E-state index contributed by atoms with van der Waals surface area (Å²) in [6.45, 7) is 4.67. The first-order valence-corrected chi connectivity index (χ1v) is 7.88. The third kappa shape index (κ3) is 3.59. The Morgan fingerprint density at radius 1 is 1.32 bits per heavy atom. The van der Waals surface area contributed by atoms with E-state index in [9.17, 15) is 9.90 Å². The number of nitrogens with zero attached hydrogens (tertiary/aromatic N) is 3. The minimum absolute atomic E-state index is 0.427. The van der Waals surface area contributed by atoms with Gasteiger partial charge < -0.3 is 14.9 Å². The number of rotatable bonds is 5. The van der Waals surface area contributed by atoms with Gasteiger partial charge in [-0.05, 0) is 31.2 Å². The lowest BCUT2D eigenvalue weighted by Crippen LogP contribution is -2.53. The molecule has 0 saturated carbocycles. The molecule has 0 aliphatic carbocycles. The number of likely N-dealkylation sites (N-methyl/N-ethyl adjacent to an activating group) is 1. The molecule has 5 heteroatoms. The SMILES string of the molecule is CCC1CN(C(C(=O)O)c2ccc(N(C)C)cc2)CCN1C. The number of carboxylic acids is 1. The van der Waals surface area contributed by atoms with Crippen molar-refractivity contribution < 1.29 is 9.90 Å². The third-order valence-corrected chi connectivity index (χ3v) is 4.60. The standard InChI is InChI=1S/C17H27N3O2/c1-5-14-12-20(11-10-19(14)4)16(17(21)22)13-6-8-15(9-7-13)18(2)3/h6-9,14,16H,5,10-12H2,1-4H3,(H,21,22). The molecule has 2 atom stereocenters. The monoisotopic (exact) mass is 305 g/mol. The van der Waals surface area contributed by atoms with Crippen molar-refractivity contribution in [1.82, 2.24) is 9.80 Å². The van der Waals surface area contributed by atoms with Crippen LogP contribution in [0.3, 0.4) is 0 Å². The molecular formula is C17H27N3O2. The van der Waals surface area contributed by atoms with E-state index in [1.807, 2.05) is 43.3 Å². The van der Waals surface area contributed by atoms with Crippen LogP contribution in [0.2, 0.25) is 0 Å². The molecule has 2 unspecified atom stereocenters. The van der Waals surface area contributed by atoms with E-state index < -0.39 is 12.0 Å². The van der Waals surface area contributed by atoms with Crippen LogP contribution in [-0.2, 0) is 4.79 Å². The maximum Gasteiger partial charge on any atom is 0.325 e. The molecule has 1 aromatic carbocycles. The molecule has 0 spiro atoms. The lowest BCUT2D eigenvalue weighted by atomic mass is 10.0. The second kappa shape index (κ2) is 7.11. The van der Waals surface area contributed by atoms with Crippen LogP contribution < -0.4 is 4.90 Å². The first-order chi connectivity index (χ1) is 10.4. The summed E-state index contributed by atoms with van der Waals surface area (Å²) in [7, 11) is 6.08. The van der Waals surface area contributed by atoms with Crippen LogP contribution in [0.15, 0.2) is 24.3 Å². The summed E-state index contributed by atoms with van der Waals surface area (Å²) in [6, 6.07) is 7.72. The Balaban J connectivity index is 2.21. The maximum absolute atomic E-state index is 11.8. The first kappa shape index (κ1) is 16.8. The van der Waals surface area contributed by atoms with E-state index in [1.54, 1.807) is 0 Å². The zero-order valence-electron chi connectivity index (χ0n) is 14.0. The number of benzene rings is 1. The number of aliphatic carboxylic acids is 1. The average molecular weight is 305 g/mol. The van der Waals surface area contributed by atoms with Crippen LogP contribution in [0.4, 0.5) is 5.69 Å². The summed E-state index contributed by atoms with van der Waals surface area (Å²) in [5, 5.41) is 9.72. The van der Waals surface area contributed by atoms with Gasteiger partial charge in [0.1, 0.15) is 6.04 Å². The fourth-order valence-electron chi connectivity index (χ4n) is 3.11. The molecule has 5 nitrogen and oxygen atoms in total. The number of carbonyl (C=O) groups is 1. The predicted molar refractivity (Wildman–Crippen MR) is 89.4 cm³/mol. The molecular weight excluding hydrogens is 278 g/mol. The zero-order chi connectivity index (χ0) is 16.3. The van der Waals surface area contributed by atoms with Crippen molar-refractivity contribution in [2.45, 2.75) is 25.4 Å². The lowest BCUT2D eigenvalue weighted by Gasteiger charge is -2.41. The zero-order valence-corrected chi connectivity index (χ0v) is 14.0. The van der Waals surface area contributed by atoms with Crippen molar-refractivity contribution in [1.29, 1.82) is 0 Å². The van der Waals surface area contributed by atoms with Crippen LogP contribution >= 0.6 is 0 Å². The topological polar surface area (TPSA) is 47.0 Å². The smallest absolute Gasteiger partial charge is 0.325 e. The summed E-state index contributed by atoms with van der Waals surface area (Å²) >= 11 is 0. The van der Waals surface area contributed by atoms with Gasteiger partial charge in [-0.1, -0.05) is 19.1 Å². The van der Waals surface area contributed by atoms with Crippen molar-refractivity contribution in [2.75, 3.05) is 45.7 Å². The molecule has 1 N–H and O–H groups in total. The van der Waals surface area contributed by atoms with E-state index in [-0.39, 0.29) is 0 Å². The predicted octanol–water partition coefficient (Wildman–Crippen LogP) is 1.90. The number of carboxylic acid groups (broad SMARTS) is 1. The van der Waals surface area contributed by atoms with E-state index >= 15 is 0 Å². The second-order valence-corrected chi connectivity index (χ2v) is 6.26. The first-order valence-electron chi connectivity index (χ1n) is 7.88. The third-order valence-electron chi connectivity index (χ3n) is 4.60. The highest BCUT2D eigenvalue weighted by molar-refractivity contribution is 5.76. The second-order valence-electron chi connectivity index (χ2n) is 6.26. The van der Waals surface area contributed by atoms with Gasteiger partial charge in [0, 0.05) is 45.5 Å². The van der Waals surface area contributed by atoms with E-state index in [1.165, 1.54) is 0 Å². The fraction of sp³-hybridized carbons (Fsp3) is 0.588. The number of hydrogen-bond donors (Lipinski definition) is 1. The Bertz CT molecular complexity index is 501. The van der Waals surface area contributed by atoms with Gasteiger partial charge in [0.2, 0.25) is 0 Å². The molecule has 122 valence electrons. The van der Waals surface area contributed by atoms with Crippen LogP contribution in [0, 0.1) is 0 Å². The van der Waals surface area contributed by atoms with E-state index in [4.69, 9.17) is 0 Å². The molecule has 0 radical (unpaired) electrons. The highest BCUT2D eigenvalue weighted by Gasteiger charge is 2.32. The van der Waals surface area contributed by atoms with Gasteiger partial charge in [-0.2, -0.15) is 0 Å². The van der Waals surface area contributed by atoms with E-state index in [0.29, 0.717) is 6.04 Å². The lowest BCUT2D eigenvalue weighted by molar-refractivity contribution is -0.144. The Morgan fingerprint density at radius 2 is 1.95 bits per heavy atom.